The number of hydrogen-bond donors (Lipinski definition) is 0. The Kier molecular flexibility index (Phi) is 4.57. The first-order valence-electron chi connectivity index (χ1n) is 6.56. The van der Waals surface area contributed by atoms with Gasteiger partial charge in [0.05, 0.1) is 13.7 Å². The molecule has 4 nitrogen and oxygen atoms in total. The number of nitrogens with zero attached hydrogens (tertiary/aromatic N) is 1. The molecule has 21 heavy (non-hydrogen) atoms. The van der Waals surface area contributed by atoms with E-state index < -0.39 is 5.97 Å². The van der Waals surface area contributed by atoms with Gasteiger partial charge in [-0.1, -0.05) is 30.3 Å². The topological polar surface area (TPSA) is 59.3 Å². The highest BCUT2D eigenvalue weighted by Crippen LogP contribution is 2.30. The van der Waals surface area contributed by atoms with Crippen molar-refractivity contribution in [2.24, 2.45) is 0 Å². The highest BCUT2D eigenvalue weighted by molar-refractivity contribution is 6.02. The highest BCUT2D eigenvalue weighted by Gasteiger charge is 2.13. The number of methoxy groups -OCH3 is 1. The summed E-state index contributed by atoms with van der Waals surface area (Å²) < 4.78 is 10.2. The van der Waals surface area contributed by atoms with E-state index in [4.69, 9.17) is 14.7 Å². The van der Waals surface area contributed by atoms with E-state index in [0.717, 1.165) is 10.8 Å². The van der Waals surface area contributed by atoms with Crippen LogP contribution in [0.1, 0.15) is 12.5 Å². The SMILES string of the molecule is CCOC(=O)/C(C#N)=C\c1c(OC)ccc2ccccc12. The fraction of sp³-hybridized carbons (Fsp3) is 0.176. The average molecular weight is 281 g/mol. The lowest BCUT2D eigenvalue weighted by Crippen LogP contribution is -2.06. The first kappa shape index (κ1) is 14.6. The average Bonchev–Trinajstić information content (AvgIpc) is 2.52. The molecular formula is C17H15NO3. The smallest absolute Gasteiger partial charge is 0.348 e. The van der Waals surface area contributed by atoms with E-state index in [1.807, 2.05) is 42.5 Å². The van der Waals surface area contributed by atoms with E-state index in [1.54, 1.807) is 14.0 Å². The van der Waals surface area contributed by atoms with Gasteiger partial charge in [0.1, 0.15) is 17.4 Å². The van der Waals surface area contributed by atoms with Crippen molar-refractivity contribution in [1.82, 2.24) is 0 Å². The molecule has 0 aromatic heterocycles. The second-order valence-corrected chi connectivity index (χ2v) is 4.29. The van der Waals surface area contributed by atoms with Gasteiger partial charge < -0.3 is 9.47 Å². The Labute approximate surface area is 123 Å². The summed E-state index contributed by atoms with van der Waals surface area (Å²) in [6, 6.07) is 13.3. The molecule has 0 aliphatic rings. The maximum Gasteiger partial charge on any atom is 0.348 e. The van der Waals surface area contributed by atoms with Gasteiger partial charge in [0.25, 0.3) is 0 Å². The molecular weight excluding hydrogens is 266 g/mol. The number of fused-ring (bicyclic) bond motifs is 1. The lowest BCUT2D eigenvalue weighted by Gasteiger charge is -2.09. The van der Waals surface area contributed by atoms with Gasteiger partial charge in [-0.2, -0.15) is 5.26 Å². The van der Waals surface area contributed by atoms with Crippen LogP contribution in [0, 0.1) is 11.3 Å². The van der Waals surface area contributed by atoms with Crippen molar-refractivity contribution < 1.29 is 14.3 Å². The van der Waals surface area contributed by atoms with E-state index in [2.05, 4.69) is 0 Å². The minimum atomic E-state index is -0.630. The van der Waals surface area contributed by atoms with Crippen molar-refractivity contribution >= 4 is 22.8 Å². The van der Waals surface area contributed by atoms with Crippen molar-refractivity contribution in [2.45, 2.75) is 6.92 Å². The Morgan fingerprint density at radius 1 is 1.29 bits per heavy atom. The lowest BCUT2D eigenvalue weighted by molar-refractivity contribution is -0.137. The number of esters is 1. The molecule has 0 aliphatic carbocycles. The normalized spacial score (nSPS) is 11.0. The summed E-state index contributed by atoms with van der Waals surface area (Å²) in [6.07, 6.45) is 1.51. The number of carbonyl (C=O) groups excluding carboxylic acids is 1. The van der Waals surface area contributed by atoms with Crippen LogP contribution in [-0.2, 0) is 9.53 Å². The third-order valence-electron chi connectivity index (χ3n) is 3.06. The van der Waals surface area contributed by atoms with E-state index in [-0.39, 0.29) is 12.2 Å². The van der Waals surface area contributed by atoms with Crippen molar-refractivity contribution in [1.29, 1.82) is 5.26 Å². The molecule has 4 heteroatoms. The van der Waals surface area contributed by atoms with E-state index >= 15 is 0 Å². The summed E-state index contributed by atoms with van der Waals surface area (Å²) >= 11 is 0. The van der Waals surface area contributed by atoms with Crippen molar-refractivity contribution in [3.8, 4) is 11.8 Å². The molecule has 2 rings (SSSR count). The third kappa shape index (κ3) is 3.03. The van der Waals surface area contributed by atoms with Gasteiger partial charge in [-0.25, -0.2) is 4.79 Å². The Balaban J connectivity index is 2.64. The van der Waals surface area contributed by atoms with Gasteiger partial charge >= 0.3 is 5.97 Å². The molecule has 2 aromatic carbocycles. The van der Waals surface area contributed by atoms with Gasteiger partial charge in [0.15, 0.2) is 0 Å². The molecule has 0 saturated carbocycles. The predicted molar refractivity (Wildman–Crippen MR) is 80.7 cm³/mol. The zero-order valence-corrected chi connectivity index (χ0v) is 11.9. The molecule has 0 radical (unpaired) electrons. The molecule has 106 valence electrons. The molecule has 0 spiro atoms. The largest absolute Gasteiger partial charge is 0.496 e. The molecule has 0 amide bonds. The molecule has 0 bridgehead atoms. The summed E-state index contributed by atoms with van der Waals surface area (Å²) in [7, 11) is 1.55. The van der Waals surface area contributed by atoms with E-state index in [9.17, 15) is 4.79 Å². The fourth-order valence-corrected chi connectivity index (χ4v) is 2.09. The van der Waals surface area contributed by atoms with Crippen LogP contribution in [0.3, 0.4) is 0 Å². The summed E-state index contributed by atoms with van der Waals surface area (Å²) in [5.41, 5.74) is 0.645. The minimum absolute atomic E-state index is 0.0495. The van der Waals surface area contributed by atoms with E-state index in [0.29, 0.717) is 11.3 Å². The van der Waals surface area contributed by atoms with Gasteiger partial charge in [-0.3, -0.25) is 0 Å². The molecule has 0 unspecified atom stereocenters. The predicted octanol–water partition coefficient (Wildman–Crippen LogP) is 3.32. The monoisotopic (exact) mass is 281 g/mol. The zero-order chi connectivity index (χ0) is 15.2. The van der Waals surface area contributed by atoms with Crippen LogP contribution in [-0.4, -0.2) is 19.7 Å². The third-order valence-corrected chi connectivity index (χ3v) is 3.06. The van der Waals surface area contributed by atoms with Crippen LogP contribution in [0.15, 0.2) is 42.0 Å². The van der Waals surface area contributed by atoms with Gasteiger partial charge in [0.2, 0.25) is 0 Å². The molecule has 0 saturated heterocycles. The second kappa shape index (κ2) is 6.58. The molecule has 0 heterocycles. The molecule has 0 fully saturated rings. The maximum absolute atomic E-state index is 11.8. The second-order valence-electron chi connectivity index (χ2n) is 4.29. The Morgan fingerprint density at radius 3 is 2.71 bits per heavy atom. The summed E-state index contributed by atoms with van der Waals surface area (Å²) in [5.74, 6) is -0.0271. The number of nitriles is 1. The van der Waals surface area contributed by atoms with Crippen LogP contribution in [0.5, 0.6) is 5.75 Å². The van der Waals surface area contributed by atoms with Gasteiger partial charge in [-0.15, -0.1) is 0 Å². The van der Waals surface area contributed by atoms with Crippen LogP contribution in [0.2, 0.25) is 0 Å². The standard InChI is InChI=1S/C17H15NO3/c1-3-21-17(19)13(11-18)10-15-14-7-5-4-6-12(14)8-9-16(15)20-2/h4-10H,3H2,1-2H3/b13-10-. The van der Waals surface area contributed by atoms with E-state index in [1.165, 1.54) is 6.08 Å². The van der Waals surface area contributed by atoms with Crippen LogP contribution < -0.4 is 4.74 Å². The van der Waals surface area contributed by atoms with Crippen LogP contribution >= 0.6 is 0 Å². The Morgan fingerprint density at radius 2 is 2.05 bits per heavy atom. The molecule has 0 N–H and O–H groups in total. The van der Waals surface area contributed by atoms with Crippen LogP contribution in [0.25, 0.3) is 16.8 Å². The number of ether oxygens (including phenoxy) is 2. The lowest BCUT2D eigenvalue weighted by atomic mass is 10.0. The number of benzene rings is 2. The number of rotatable bonds is 4. The minimum Gasteiger partial charge on any atom is -0.496 e. The molecule has 2 aromatic rings. The van der Waals surface area contributed by atoms with Gasteiger partial charge in [-0.05, 0) is 29.8 Å². The maximum atomic E-state index is 11.8. The van der Waals surface area contributed by atoms with Crippen molar-refractivity contribution in [3.63, 3.8) is 0 Å². The highest BCUT2D eigenvalue weighted by atomic mass is 16.5. The van der Waals surface area contributed by atoms with Crippen molar-refractivity contribution in [3.05, 3.63) is 47.5 Å². The first-order valence-corrected chi connectivity index (χ1v) is 6.56. The van der Waals surface area contributed by atoms with Gasteiger partial charge in [0, 0.05) is 5.56 Å². The summed E-state index contributed by atoms with van der Waals surface area (Å²) in [4.78, 5) is 11.8. The first-order chi connectivity index (χ1) is 10.2. The fourth-order valence-electron chi connectivity index (χ4n) is 2.09. The molecule has 0 atom stereocenters. The number of carbonyl (C=O) groups is 1. The van der Waals surface area contributed by atoms with Crippen molar-refractivity contribution in [2.75, 3.05) is 13.7 Å². The quantitative estimate of drug-likeness (QED) is 0.490. The zero-order valence-electron chi connectivity index (χ0n) is 11.9. The summed E-state index contributed by atoms with van der Waals surface area (Å²) in [6.45, 7) is 1.93. The Bertz CT molecular complexity index is 741. The number of hydrogen-bond acceptors (Lipinski definition) is 4. The molecule has 0 aliphatic heterocycles. The summed E-state index contributed by atoms with van der Waals surface area (Å²) in [5, 5.41) is 11.1. The van der Waals surface area contributed by atoms with Crippen LogP contribution in [0.4, 0.5) is 0 Å². The Hall–Kier alpha value is -2.80.